The average molecular weight is 435 g/mol. The second kappa shape index (κ2) is 8.29. The third kappa shape index (κ3) is 4.61. The molecule has 0 bridgehead atoms. The summed E-state index contributed by atoms with van der Waals surface area (Å²) >= 11 is 5.70. The maximum Gasteiger partial charge on any atom is 0.280 e. The molecular weight excluding hydrogens is 415 g/mol. The van der Waals surface area contributed by atoms with Gasteiger partial charge in [-0.05, 0) is 31.0 Å². The van der Waals surface area contributed by atoms with Gasteiger partial charge in [0.25, 0.3) is 10.2 Å². The van der Waals surface area contributed by atoms with Crippen LogP contribution in [0, 0.1) is 5.82 Å². The highest BCUT2D eigenvalue weighted by atomic mass is 35.5. The minimum atomic E-state index is -4.05. The molecule has 154 valence electrons. The van der Waals surface area contributed by atoms with E-state index in [1.165, 1.54) is 19.2 Å². The predicted octanol–water partition coefficient (Wildman–Crippen LogP) is 0.230. The Labute approximate surface area is 166 Å². The fourth-order valence-electron chi connectivity index (χ4n) is 3.03. The molecule has 2 heterocycles. The van der Waals surface area contributed by atoms with Crippen LogP contribution in [-0.2, 0) is 24.5 Å². The van der Waals surface area contributed by atoms with E-state index in [2.05, 4.69) is 15.4 Å². The van der Waals surface area contributed by atoms with Crippen molar-refractivity contribution in [2.45, 2.75) is 31.0 Å². The van der Waals surface area contributed by atoms with Crippen LogP contribution in [0.15, 0.2) is 18.2 Å². The Morgan fingerprint density at radius 2 is 2.11 bits per heavy atom. The van der Waals surface area contributed by atoms with Crippen molar-refractivity contribution < 1.29 is 27.1 Å². The van der Waals surface area contributed by atoms with E-state index in [1.807, 2.05) is 0 Å². The molecule has 28 heavy (non-hydrogen) atoms. The second-order valence-electron chi connectivity index (χ2n) is 6.63. The minimum absolute atomic E-state index is 0.0735. The smallest absolute Gasteiger partial charge is 0.280 e. The number of rotatable bonds is 4. The number of hydrogen-bond acceptors (Lipinski definition) is 5. The van der Waals surface area contributed by atoms with Crippen LogP contribution in [0.25, 0.3) is 0 Å². The summed E-state index contributed by atoms with van der Waals surface area (Å²) in [4.78, 5) is 25.1. The van der Waals surface area contributed by atoms with Gasteiger partial charge >= 0.3 is 0 Å². The first kappa shape index (κ1) is 20.9. The fraction of sp³-hybridized carbons (Fsp3) is 0.500. The third-order valence-electron chi connectivity index (χ3n) is 4.65. The van der Waals surface area contributed by atoms with Crippen LogP contribution in [-0.4, -0.2) is 62.9 Å². The summed E-state index contributed by atoms with van der Waals surface area (Å²) in [5.74, 6) is -1.82. The predicted molar refractivity (Wildman–Crippen MR) is 99.4 cm³/mol. The number of hydrogen-bond donors (Lipinski definition) is 3. The lowest BCUT2D eigenvalue weighted by Gasteiger charge is -2.35. The number of ether oxygens (including phenoxy) is 1. The SMILES string of the molecule is CN1C(C(=O)Nc2ccc(F)c(Cl)c2)CC(C(=O)NC2CCOC2)NS1(=O)=O. The van der Waals surface area contributed by atoms with Gasteiger partial charge < -0.3 is 15.4 Å². The molecule has 0 aliphatic carbocycles. The Hall–Kier alpha value is -1.79. The monoisotopic (exact) mass is 434 g/mol. The molecule has 1 aromatic rings. The number of anilines is 1. The Morgan fingerprint density at radius 1 is 1.36 bits per heavy atom. The van der Waals surface area contributed by atoms with Gasteiger partial charge in [0.1, 0.15) is 17.9 Å². The number of nitrogens with zero attached hydrogens (tertiary/aromatic N) is 1. The molecule has 0 saturated carbocycles. The molecule has 3 rings (SSSR count). The van der Waals surface area contributed by atoms with Gasteiger partial charge in [-0.1, -0.05) is 11.6 Å². The second-order valence-corrected chi connectivity index (χ2v) is 8.80. The van der Waals surface area contributed by atoms with E-state index in [0.29, 0.717) is 19.6 Å². The van der Waals surface area contributed by atoms with E-state index < -0.39 is 39.9 Å². The van der Waals surface area contributed by atoms with Crippen molar-refractivity contribution in [1.29, 1.82) is 0 Å². The quantitative estimate of drug-likeness (QED) is 0.627. The highest BCUT2D eigenvalue weighted by molar-refractivity contribution is 7.87. The molecule has 2 amide bonds. The van der Waals surface area contributed by atoms with Gasteiger partial charge in [0.15, 0.2) is 0 Å². The fourth-order valence-corrected chi connectivity index (χ4v) is 4.46. The standard InChI is InChI=1S/C16H20ClFN4O5S/c1-22-14(16(24)19-9-2-3-12(18)11(17)6-9)7-13(21-28(22,25)26)15(23)20-10-4-5-27-8-10/h2-3,6,10,13-14,21H,4-5,7-8H2,1H3,(H,19,24)(H,20,23). The zero-order valence-electron chi connectivity index (χ0n) is 14.9. The van der Waals surface area contributed by atoms with Gasteiger partial charge in [0, 0.05) is 19.3 Å². The Balaban J connectivity index is 1.73. The van der Waals surface area contributed by atoms with Crippen molar-refractivity contribution in [2.75, 3.05) is 25.6 Å². The summed E-state index contributed by atoms with van der Waals surface area (Å²) in [6, 6.07) is 1.18. The summed E-state index contributed by atoms with van der Waals surface area (Å²) < 4.78 is 46.3. The molecule has 3 atom stereocenters. The van der Waals surface area contributed by atoms with Crippen LogP contribution < -0.4 is 15.4 Å². The molecule has 2 aliphatic heterocycles. The van der Waals surface area contributed by atoms with E-state index in [-0.39, 0.29) is 23.2 Å². The van der Waals surface area contributed by atoms with E-state index in [0.717, 1.165) is 10.4 Å². The first-order chi connectivity index (χ1) is 13.2. The van der Waals surface area contributed by atoms with Crippen molar-refractivity contribution >= 4 is 39.3 Å². The number of halogens is 2. The molecule has 0 spiro atoms. The van der Waals surface area contributed by atoms with Crippen LogP contribution >= 0.6 is 11.6 Å². The molecule has 1 aromatic carbocycles. The zero-order valence-corrected chi connectivity index (χ0v) is 16.5. The molecule has 3 N–H and O–H groups in total. The van der Waals surface area contributed by atoms with E-state index in [9.17, 15) is 22.4 Å². The molecule has 2 aliphatic rings. The summed E-state index contributed by atoms with van der Waals surface area (Å²) in [6.45, 7) is 0.885. The highest BCUT2D eigenvalue weighted by Crippen LogP contribution is 2.22. The maximum absolute atomic E-state index is 13.3. The molecule has 0 radical (unpaired) electrons. The molecule has 2 saturated heterocycles. The molecule has 12 heteroatoms. The molecule has 3 unspecified atom stereocenters. The first-order valence-corrected chi connectivity index (χ1v) is 10.4. The number of amides is 2. The summed E-state index contributed by atoms with van der Waals surface area (Å²) in [7, 11) is -2.81. The normalized spacial score (nSPS) is 27.3. The minimum Gasteiger partial charge on any atom is -0.379 e. The van der Waals surface area contributed by atoms with Crippen molar-refractivity contribution in [2.24, 2.45) is 0 Å². The topological polar surface area (TPSA) is 117 Å². The van der Waals surface area contributed by atoms with Gasteiger partial charge in [-0.2, -0.15) is 17.4 Å². The Morgan fingerprint density at radius 3 is 2.75 bits per heavy atom. The largest absolute Gasteiger partial charge is 0.379 e. The van der Waals surface area contributed by atoms with Crippen molar-refractivity contribution in [3.8, 4) is 0 Å². The van der Waals surface area contributed by atoms with E-state index in [1.54, 1.807) is 0 Å². The van der Waals surface area contributed by atoms with Crippen molar-refractivity contribution in [1.82, 2.24) is 14.3 Å². The third-order valence-corrected chi connectivity index (χ3v) is 6.54. The van der Waals surface area contributed by atoms with E-state index in [4.69, 9.17) is 16.3 Å². The highest BCUT2D eigenvalue weighted by Gasteiger charge is 2.43. The maximum atomic E-state index is 13.3. The number of likely N-dealkylation sites (N-methyl/N-ethyl adjacent to an activating group) is 1. The van der Waals surface area contributed by atoms with Crippen molar-refractivity contribution in [3.05, 3.63) is 29.0 Å². The van der Waals surface area contributed by atoms with E-state index >= 15 is 0 Å². The lowest BCUT2D eigenvalue weighted by molar-refractivity contribution is -0.125. The first-order valence-electron chi connectivity index (χ1n) is 8.56. The van der Waals surface area contributed by atoms with Crippen molar-refractivity contribution in [3.63, 3.8) is 0 Å². The average Bonchev–Trinajstić information content (AvgIpc) is 3.13. The summed E-state index contributed by atoms with van der Waals surface area (Å²) in [6.07, 6.45) is 0.566. The summed E-state index contributed by atoms with van der Waals surface area (Å²) in [5, 5.41) is 5.05. The summed E-state index contributed by atoms with van der Waals surface area (Å²) in [5.41, 5.74) is 0.213. The lowest BCUT2D eigenvalue weighted by Crippen LogP contribution is -2.62. The van der Waals surface area contributed by atoms with Crippen LogP contribution in [0.2, 0.25) is 5.02 Å². The molecule has 9 nitrogen and oxygen atoms in total. The van der Waals surface area contributed by atoms with Gasteiger partial charge in [0.05, 0.1) is 17.7 Å². The molecule has 0 aromatic heterocycles. The number of carbonyl (C=O) groups excluding carboxylic acids is 2. The Bertz CT molecular complexity index is 878. The van der Waals surface area contributed by atoms with Crippen LogP contribution in [0.4, 0.5) is 10.1 Å². The van der Waals surface area contributed by atoms with Crippen LogP contribution in [0.3, 0.4) is 0 Å². The Kier molecular flexibility index (Phi) is 6.20. The van der Waals surface area contributed by atoms with Gasteiger partial charge in [-0.15, -0.1) is 0 Å². The van der Waals surface area contributed by atoms with Crippen LogP contribution in [0.1, 0.15) is 12.8 Å². The van der Waals surface area contributed by atoms with Gasteiger partial charge in [0.2, 0.25) is 11.8 Å². The van der Waals surface area contributed by atoms with Gasteiger partial charge in [-0.3, -0.25) is 9.59 Å². The lowest BCUT2D eigenvalue weighted by atomic mass is 10.1. The number of benzene rings is 1. The molecular formula is C16H20ClFN4O5S. The number of carbonyl (C=O) groups is 2. The zero-order chi connectivity index (χ0) is 20.5. The van der Waals surface area contributed by atoms with Crippen LogP contribution in [0.5, 0.6) is 0 Å². The molecule has 2 fully saturated rings. The van der Waals surface area contributed by atoms with Gasteiger partial charge in [-0.25, -0.2) is 4.39 Å². The number of nitrogens with one attached hydrogen (secondary N) is 3.